The van der Waals surface area contributed by atoms with E-state index in [1.54, 1.807) is 6.07 Å². The third-order valence-electron chi connectivity index (χ3n) is 3.48. The summed E-state index contributed by atoms with van der Waals surface area (Å²) in [5.74, 6) is -1.41. The summed E-state index contributed by atoms with van der Waals surface area (Å²) in [6, 6.07) is 7.35. The maximum atomic E-state index is 12.4. The first-order valence-corrected chi connectivity index (χ1v) is 6.82. The van der Waals surface area contributed by atoms with E-state index in [0.29, 0.717) is 5.69 Å². The molecule has 0 aliphatic rings. The number of halogens is 1. The first-order valence-electron chi connectivity index (χ1n) is 6.03. The Bertz CT molecular complexity index is 691. The summed E-state index contributed by atoms with van der Waals surface area (Å²) in [7, 11) is 1.48. The molecule has 0 fully saturated rings. The number of rotatable bonds is 3. The van der Waals surface area contributed by atoms with Crippen LogP contribution in [0.15, 0.2) is 28.7 Å². The molecule has 0 saturated carbocycles. The predicted molar refractivity (Wildman–Crippen MR) is 79.8 cm³/mol. The molecule has 5 nitrogen and oxygen atoms in total. The van der Waals surface area contributed by atoms with E-state index in [-0.39, 0.29) is 5.91 Å². The van der Waals surface area contributed by atoms with Crippen LogP contribution in [0.4, 0.5) is 0 Å². The fourth-order valence-electron chi connectivity index (χ4n) is 1.80. The van der Waals surface area contributed by atoms with Gasteiger partial charge in [0, 0.05) is 22.4 Å². The quantitative estimate of drug-likeness (QED) is 0.903. The molecule has 20 heavy (non-hydrogen) atoms. The molecule has 0 unspecified atom stereocenters. The van der Waals surface area contributed by atoms with Crippen molar-refractivity contribution in [3.63, 3.8) is 0 Å². The van der Waals surface area contributed by atoms with Crippen molar-refractivity contribution in [3.8, 4) is 0 Å². The molecule has 0 spiro atoms. The zero-order chi connectivity index (χ0) is 15.1. The van der Waals surface area contributed by atoms with Crippen molar-refractivity contribution in [2.24, 2.45) is 0 Å². The number of benzene rings is 1. The lowest BCUT2D eigenvalue weighted by Gasteiger charge is -2.31. The molecule has 1 aromatic heterocycles. The van der Waals surface area contributed by atoms with Crippen LogP contribution in [0.1, 0.15) is 24.3 Å². The first-order chi connectivity index (χ1) is 9.23. The molecular weight excluding hydrogens is 324 g/mol. The summed E-state index contributed by atoms with van der Waals surface area (Å²) < 4.78 is 0.919. The second-order valence-electron chi connectivity index (χ2n) is 5.14. The summed E-state index contributed by atoms with van der Waals surface area (Å²) in [4.78, 5) is 27.8. The highest BCUT2D eigenvalue weighted by molar-refractivity contribution is 9.10. The smallest absolute Gasteiger partial charge is 0.329 e. The molecule has 2 N–H and O–H groups in total. The minimum absolute atomic E-state index is 0.357. The minimum Gasteiger partial charge on any atom is -0.480 e. The molecule has 0 aliphatic heterocycles. The lowest BCUT2D eigenvalue weighted by atomic mass is 10.0. The highest BCUT2D eigenvalue weighted by Crippen LogP contribution is 2.22. The lowest BCUT2D eigenvalue weighted by molar-refractivity contribution is -0.147. The van der Waals surface area contributed by atoms with Crippen LogP contribution in [-0.2, 0) is 4.79 Å². The van der Waals surface area contributed by atoms with Crippen LogP contribution in [0.5, 0.6) is 0 Å². The summed E-state index contributed by atoms with van der Waals surface area (Å²) >= 11 is 3.37. The molecule has 1 aromatic carbocycles. The van der Waals surface area contributed by atoms with Gasteiger partial charge in [0.2, 0.25) is 0 Å². The average molecular weight is 339 g/mol. The Morgan fingerprint density at radius 2 is 1.95 bits per heavy atom. The highest BCUT2D eigenvalue weighted by Gasteiger charge is 2.36. The molecule has 0 atom stereocenters. The third kappa shape index (κ3) is 2.43. The predicted octanol–water partition coefficient (Wildman–Crippen LogP) is 2.87. The van der Waals surface area contributed by atoms with Gasteiger partial charge in [0.25, 0.3) is 5.91 Å². The zero-order valence-electron chi connectivity index (χ0n) is 11.4. The third-order valence-corrected chi connectivity index (χ3v) is 3.97. The minimum atomic E-state index is -1.27. The zero-order valence-corrected chi connectivity index (χ0v) is 13.0. The average Bonchev–Trinajstić information content (AvgIpc) is 2.79. The fourth-order valence-corrected chi connectivity index (χ4v) is 2.18. The highest BCUT2D eigenvalue weighted by atomic mass is 79.9. The lowest BCUT2D eigenvalue weighted by Crippen LogP contribution is -2.50. The maximum Gasteiger partial charge on any atom is 0.329 e. The molecule has 0 bridgehead atoms. The number of nitrogens with one attached hydrogen (secondary N) is 1. The van der Waals surface area contributed by atoms with Gasteiger partial charge < -0.3 is 15.0 Å². The van der Waals surface area contributed by atoms with E-state index >= 15 is 0 Å². The van der Waals surface area contributed by atoms with Crippen LogP contribution in [-0.4, -0.2) is 39.5 Å². The summed E-state index contributed by atoms with van der Waals surface area (Å²) in [5.41, 5.74) is -0.0670. The number of amides is 1. The second-order valence-corrected chi connectivity index (χ2v) is 6.06. The molecule has 0 saturated heterocycles. The molecule has 106 valence electrons. The van der Waals surface area contributed by atoms with Crippen molar-refractivity contribution in [1.29, 1.82) is 0 Å². The second kappa shape index (κ2) is 4.94. The van der Waals surface area contributed by atoms with Gasteiger partial charge in [0.1, 0.15) is 11.2 Å². The van der Waals surface area contributed by atoms with Crippen LogP contribution in [0, 0.1) is 0 Å². The Hall–Kier alpha value is -1.82. The summed E-state index contributed by atoms with van der Waals surface area (Å²) in [5, 5.41) is 10.1. The molecule has 6 heteroatoms. The Balaban J connectivity index is 2.38. The molecule has 0 aliphatic carbocycles. The first kappa shape index (κ1) is 14.6. The number of aliphatic carboxylic acids is 1. The van der Waals surface area contributed by atoms with Crippen LogP contribution in [0.3, 0.4) is 0 Å². The van der Waals surface area contributed by atoms with E-state index in [9.17, 15) is 14.7 Å². The number of nitrogens with zero attached hydrogens (tertiary/aromatic N) is 1. The van der Waals surface area contributed by atoms with Crippen LogP contribution >= 0.6 is 15.9 Å². The van der Waals surface area contributed by atoms with Gasteiger partial charge in [-0.2, -0.15) is 0 Å². The monoisotopic (exact) mass is 338 g/mol. The van der Waals surface area contributed by atoms with Crippen molar-refractivity contribution in [2.75, 3.05) is 7.05 Å². The Morgan fingerprint density at radius 1 is 1.30 bits per heavy atom. The van der Waals surface area contributed by atoms with Gasteiger partial charge in [0.15, 0.2) is 0 Å². The standard InChI is InChI=1S/C14H15BrN2O3/c1-14(2,13(19)20)17(3)12(18)11-7-8-6-9(15)4-5-10(8)16-11/h4-7,16H,1-3H3,(H,19,20). The van der Waals surface area contributed by atoms with Crippen molar-refractivity contribution in [3.05, 3.63) is 34.4 Å². The van der Waals surface area contributed by atoms with Gasteiger partial charge in [0.05, 0.1) is 0 Å². The van der Waals surface area contributed by atoms with Crippen molar-refractivity contribution in [2.45, 2.75) is 19.4 Å². The van der Waals surface area contributed by atoms with E-state index < -0.39 is 11.5 Å². The Labute approximate surface area is 124 Å². The SMILES string of the molecule is CN(C(=O)c1cc2cc(Br)ccc2[nH]1)C(C)(C)C(=O)O. The molecule has 1 amide bonds. The van der Waals surface area contributed by atoms with Crippen molar-refractivity contribution >= 4 is 38.7 Å². The van der Waals surface area contributed by atoms with Crippen molar-refractivity contribution in [1.82, 2.24) is 9.88 Å². The molecule has 2 rings (SSSR count). The number of hydrogen-bond donors (Lipinski definition) is 2. The van der Waals surface area contributed by atoms with E-state index in [1.165, 1.54) is 25.8 Å². The van der Waals surface area contributed by atoms with E-state index in [1.807, 2.05) is 18.2 Å². The van der Waals surface area contributed by atoms with Crippen LogP contribution < -0.4 is 0 Å². The molecular formula is C14H15BrN2O3. The van der Waals surface area contributed by atoms with Gasteiger partial charge in [-0.3, -0.25) is 4.79 Å². The van der Waals surface area contributed by atoms with Crippen LogP contribution in [0.2, 0.25) is 0 Å². The Kier molecular flexibility index (Phi) is 3.60. The van der Waals surface area contributed by atoms with Gasteiger partial charge in [-0.05, 0) is 38.1 Å². The molecule has 1 heterocycles. The summed E-state index contributed by atoms with van der Waals surface area (Å²) in [6.45, 7) is 2.99. The topological polar surface area (TPSA) is 73.4 Å². The van der Waals surface area contributed by atoms with E-state index in [2.05, 4.69) is 20.9 Å². The normalized spacial score (nSPS) is 11.6. The molecule has 2 aromatic rings. The van der Waals surface area contributed by atoms with Gasteiger partial charge in [-0.25, -0.2) is 4.79 Å². The number of carboxylic acids is 1. The van der Waals surface area contributed by atoms with E-state index in [4.69, 9.17) is 0 Å². The van der Waals surface area contributed by atoms with Gasteiger partial charge in [-0.15, -0.1) is 0 Å². The molecule has 0 radical (unpaired) electrons. The number of carbonyl (C=O) groups excluding carboxylic acids is 1. The fraction of sp³-hybridized carbons (Fsp3) is 0.286. The number of likely N-dealkylation sites (N-methyl/N-ethyl adjacent to an activating group) is 1. The Morgan fingerprint density at radius 3 is 2.55 bits per heavy atom. The van der Waals surface area contributed by atoms with Gasteiger partial charge >= 0.3 is 5.97 Å². The number of hydrogen-bond acceptors (Lipinski definition) is 2. The number of fused-ring (bicyclic) bond motifs is 1. The van der Waals surface area contributed by atoms with Crippen LogP contribution in [0.25, 0.3) is 10.9 Å². The number of carbonyl (C=O) groups is 2. The number of carboxylic acid groups (broad SMARTS) is 1. The number of aromatic amines is 1. The largest absolute Gasteiger partial charge is 0.480 e. The van der Waals surface area contributed by atoms with Gasteiger partial charge in [-0.1, -0.05) is 15.9 Å². The number of H-pyrrole nitrogens is 1. The summed E-state index contributed by atoms with van der Waals surface area (Å²) in [6.07, 6.45) is 0. The van der Waals surface area contributed by atoms with E-state index in [0.717, 1.165) is 15.4 Å². The number of aromatic nitrogens is 1. The maximum absolute atomic E-state index is 12.4. The van der Waals surface area contributed by atoms with Crippen molar-refractivity contribution < 1.29 is 14.7 Å².